The molecule has 32 heavy (non-hydrogen) atoms. The lowest BCUT2D eigenvalue weighted by molar-refractivity contribution is -0.384. The molecule has 1 unspecified atom stereocenters. The predicted molar refractivity (Wildman–Crippen MR) is 117 cm³/mol. The Kier molecular flexibility index (Phi) is 6.15. The summed E-state index contributed by atoms with van der Waals surface area (Å²) in [6.45, 7) is 6.89. The first-order valence-electron chi connectivity index (χ1n) is 9.90. The number of carbonyl (C=O) groups is 2. The van der Waals surface area contributed by atoms with Crippen molar-refractivity contribution in [1.82, 2.24) is 14.7 Å². The molecule has 0 saturated heterocycles. The van der Waals surface area contributed by atoms with Gasteiger partial charge >= 0.3 is 12.1 Å². The molecule has 0 aliphatic heterocycles. The van der Waals surface area contributed by atoms with Crippen molar-refractivity contribution in [3.05, 3.63) is 64.0 Å². The fourth-order valence-electron chi connectivity index (χ4n) is 3.29. The van der Waals surface area contributed by atoms with Crippen LogP contribution in [-0.2, 0) is 16.0 Å². The summed E-state index contributed by atoms with van der Waals surface area (Å²) in [5.74, 6) is -1.25. The monoisotopic (exact) mass is 440 g/mol. The molecule has 0 bridgehead atoms. The van der Waals surface area contributed by atoms with Crippen molar-refractivity contribution in [2.24, 2.45) is 0 Å². The van der Waals surface area contributed by atoms with E-state index in [2.05, 4.69) is 10.3 Å². The first kappa shape index (κ1) is 22.7. The number of alkyl carbamates (subject to hydrolysis) is 1. The molecule has 0 aliphatic rings. The molecule has 0 saturated carbocycles. The number of fused-ring (bicyclic) bond motifs is 1. The number of amides is 1. The molecule has 0 spiro atoms. The van der Waals surface area contributed by atoms with Crippen LogP contribution in [0.2, 0.25) is 0 Å². The van der Waals surface area contributed by atoms with Crippen LogP contribution < -0.4 is 5.32 Å². The number of nitrogens with zero attached hydrogens (tertiary/aromatic N) is 3. The van der Waals surface area contributed by atoms with Crippen LogP contribution in [0.15, 0.2) is 42.6 Å². The van der Waals surface area contributed by atoms with Crippen molar-refractivity contribution in [3.63, 3.8) is 0 Å². The number of ether oxygens (including phenoxy) is 1. The van der Waals surface area contributed by atoms with Gasteiger partial charge in [-0.3, -0.25) is 10.1 Å². The molecule has 3 aromatic rings. The standard InChI is InChI=1S/C22H24N4O6/c1-13-7-6-10-25-17(12-16(20(27)28)23-21(29)32-22(2,3)4)18(24-19(13)25)14-8-5-9-15(11-14)26(30)31/h5-11,16H,12H2,1-4H3,(H,23,29)(H,27,28). The minimum absolute atomic E-state index is 0.108. The van der Waals surface area contributed by atoms with Crippen molar-refractivity contribution in [2.75, 3.05) is 0 Å². The SMILES string of the molecule is Cc1cccn2c(CC(NC(=O)OC(C)(C)C)C(=O)O)c(-c3cccc([N+](=O)[O-])c3)nc12. The molecule has 0 radical (unpaired) electrons. The van der Waals surface area contributed by atoms with Crippen LogP contribution in [0.3, 0.4) is 0 Å². The van der Waals surface area contributed by atoms with Crippen molar-refractivity contribution < 1.29 is 24.4 Å². The quantitative estimate of drug-likeness (QED) is 0.440. The minimum Gasteiger partial charge on any atom is -0.480 e. The molecule has 0 aliphatic carbocycles. The highest BCUT2D eigenvalue weighted by atomic mass is 16.6. The number of aromatic nitrogens is 2. The molecule has 3 rings (SSSR count). The smallest absolute Gasteiger partial charge is 0.408 e. The van der Waals surface area contributed by atoms with Gasteiger partial charge in [0.2, 0.25) is 0 Å². The summed E-state index contributed by atoms with van der Waals surface area (Å²) >= 11 is 0. The van der Waals surface area contributed by atoms with Gasteiger partial charge in [-0.25, -0.2) is 14.6 Å². The number of benzene rings is 1. The van der Waals surface area contributed by atoms with E-state index in [1.807, 2.05) is 13.0 Å². The lowest BCUT2D eigenvalue weighted by atomic mass is 10.0. The van der Waals surface area contributed by atoms with Crippen LogP contribution in [0.25, 0.3) is 16.9 Å². The molecule has 2 aromatic heterocycles. The van der Waals surface area contributed by atoms with Crippen LogP contribution >= 0.6 is 0 Å². The van der Waals surface area contributed by atoms with E-state index >= 15 is 0 Å². The third kappa shape index (κ3) is 5.02. The largest absolute Gasteiger partial charge is 0.480 e. The van der Waals surface area contributed by atoms with E-state index in [0.717, 1.165) is 5.56 Å². The Balaban J connectivity index is 2.08. The Labute approximate surface area is 184 Å². The first-order chi connectivity index (χ1) is 15.0. The van der Waals surface area contributed by atoms with Gasteiger partial charge in [0.25, 0.3) is 5.69 Å². The second kappa shape index (κ2) is 8.66. The normalized spacial score (nSPS) is 12.4. The topological polar surface area (TPSA) is 136 Å². The summed E-state index contributed by atoms with van der Waals surface area (Å²) in [5.41, 5.74) is 1.90. The molecule has 10 nitrogen and oxygen atoms in total. The van der Waals surface area contributed by atoms with Crippen molar-refractivity contribution in [1.29, 1.82) is 0 Å². The van der Waals surface area contributed by atoms with Crippen LogP contribution in [0.5, 0.6) is 0 Å². The number of aryl methyl sites for hydroxylation is 1. The summed E-state index contributed by atoms with van der Waals surface area (Å²) < 4.78 is 6.92. The lowest BCUT2D eigenvalue weighted by Crippen LogP contribution is -2.44. The van der Waals surface area contributed by atoms with Gasteiger partial charge in [-0.1, -0.05) is 18.2 Å². The van der Waals surface area contributed by atoms with Crippen LogP contribution in [0.1, 0.15) is 32.0 Å². The Morgan fingerprint density at radius 1 is 1.28 bits per heavy atom. The van der Waals surface area contributed by atoms with Crippen LogP contribution in [-0.4, -0.2) is 43.1 Å². The number of carboxylic acids is 1. The highest BCUT2D eigenvalue weighted by molar-refractivity contribution is 5.81. The van der Waals surface area contributed by atoms with E-state index in [-0.39, 0.29) is 12.1 Å². The minimum atomic E-state index is -1.30. The molecule has 0 fully saturated rings. The van der Waals surface area contributed by atoms with Gasteiger partial charge in [-0.05, 0) is 39.3 Å². The Bertz CT molecular complexity index is 1190. The third-order valence-electron chi connectivity index (χ3n) is 4.66. The number of nitrogens with one attached hydrogen (secondary N) is 1. The molecule has 168 valence electrons. The number of non-ortho nitro benzene ring substituents is 1. The molecule has 1 aromatic carbocycles. The van der Waals surface area contributed by atoms with E-state index in [1.54, 1.807) is 49.6 Å². The average Bonchev–Trinajstić information content (AvgIpc) is 3.06. The first-order valence-corrected chi connectivity index (χ1v) is 9.90. The number of aliphatic carboxylic acids is 1. The number of nitro benzene ring substituents is 1. The molecular formula is C22H24N4O6. The van der Waals surface area contributed by atoms with Gasteiger partial charge < -0.3 is 19.6 Å². The van der Waals surface area contributed by atoms with E-state index in [0.29, 0.717) is 22.6 Å². The number of carbonyl (C=O) groups excluding carboxylic acids is 1. The summed E-state index contributed by atoms with van der Waals surface area (Å²) in [6, 6.07) is 8.32. The maximum absolute atomic E-state index is 12.2. The highest BCUT2D eigenvalue weighted by Gasteiger charge is 2.28. The second-order valence-electron chi connectivity index (χ2n) is 8.34. The van der Waals surface area contributed by atoms with E-state index in [4.69, 9.17) is 4.74 Å². The molecule has 1 amide bonds. The van der Waals surface area contributed by atoms with Crippen molar-refractivity contribution in [3.8, 4) is 11.3 Å². The van der Waals surface area contributed by atoms with Gasteiger partial charge in [0, 0.05) is 30.3 Å². The second-order valence-corrected chi connectivity index (χ2v) is 8.34. The van der Waals surface area contributed by atoms with Gasteiger partial charge in [-0.15, -0.1) is 0 Å². The number of hydrogen-bond acceptors (Lipinski definition) is 6. The molecule has 2 N–H and O–H groups in total. The zero-order valence-corrected chi connectivity index (χ0v) is 18.2. The van der Waals surface area contributed by atoms with Crippen molar-refractivity contribution >= 4 is 23.4 Å². The number of nitro groups is 1. The molecular weight excluding hydrogens is 416 g/mol. The summed E-state index contributed by atoms with van der Waals surface area (Å²) in [7, 11) is 0. The molecule has 2 heterocycles. The predicted octanol–water partition coefficient (Wildman–Crippen LogP) is 3.74. The van der Waals surface area contributed by atoms with Crippen molar-refractivity contribution in [2.45, 2.75) is 45.8 Å². The summed E-state index contributed by atoms with van der Waals surface area (Å²) in [5, 5.41) is 23.4. The third-order valence-corrected chi connectivity index (χ3v) is 4.66. The Morgan fingerprint density at radius 2 is 2.00 bits per heavy atom. The van der Waals surface area contributed by atoms with Crippen LogP contribution in [0, 0.1) is 17.0 Å². The highest BCUT2D eigenvalue weighted by Crippen LogP contribution is 2.29. The van der Waals surface area contributed by atoms with Gasteiger partial charge in [0.05, 0.1) is 16.3 Å². The number of imidazole rings is 1. The average molecular weight is 440 g/mol. The summed E-state index contributed by atoms with van der Waals surface area (Å²) in [6.07, 6.45) is 0.765. The van der Waals surface area contributed by atoms with E-state index in [1.165, 1.54) is 12.1 Å². The Hall–Kier alpha value is -3.95. The molecule has 10 heteroatoms. The maximum Gasteiger partial charge on any atom is 0.408 e. The Morgan fingerprint density at radius 3 is 2.62 bits per heavy atom. The van der Waals surface area contributed by atoms with Gasteiger partial charge in [-0.2, -0.15) is 0 Å². The molecule has 1 atom stereocenters. The fourth-order valence-corrected chi connectivity index (χ4v) is 3.29. The zero-order valence-electron chi connectivity index (χ0n) is 18.2. The lowest BCUT2D eigenvalue weighted by Gasteiger charge is -2.22. The number of rotatable bonds is 6. The number of pyridine rings is 1. The maximum atomic E-state index is 12.2. The van der Waals surface area contributed by atoms with Gasteiger partial charge in [0.1, 0.15) is 17.3 Å². The number of hydrogen-bond donors (Lipinski definition) is 2. The fraction of sp³-hybridized carbons (Fsp3) is 0.318. The number of carboxylic acid groups (broad SMARTS) is 1. The van der Waals surface area contributed by atoms with Gasteiger partial charge in [0.15, 0.2) is 0 Å². The van der Waals surface area contributed by atoms with E-state index in [9.17, 15) is 24.8 Å². The van der Waals surface area contributed by atoms with Crippen LogP contribution in [0.4, 0.5) is 10.5 Å². The zero-order chi connectivity index (χ0) is 23.6. The van der Waals surface area contributed by atoms with E-state index < -0.39 is 28.6 Å². The summed E-state index contributed by atoms with van der Waals surface area (Å²) in [4.78, 5) is 39.5.